The SMILES string of the molecule is Cc1cccc(C(=O)NCCc2cn3cc(Cl)cc(Cl)c3n2)c1. The Morgan fingerprint density at radius 1 is 1.26 bits per heavy atom. The Hall–Kier alpha value is -2.04. The molecule has 1 aromatic carbocycles. The molecule has 0 fully saturated rings. The predicted molar refractivity (Wildman–Crippen MR) is 92.4 cm³/mol. The molecule has 0 saturated heterocycles. The van der Waals surface area contributed by atoms with E-state index in [0.29, 0.717) is 34.2 Å². The second kappa shape index (κ2) is 6.60. The fourth-order valence-electron chi connectivity index (χ4n) is 2.39. The van der Waals surface area contributed by atoms with Gasteiger partial charge in [0.1, 0.15) is 0 Å². The summed E-state index contributed by atoms with van der Waals surface area (Å²) in [5.41, 5.74) is 3.23. The van der Waals surface area contributed by atoms with Crippen molar-refractivity contribution in [1.82, 2.24) is 14.7 Å². The molecule has 4 nitrogen and oxygen atoms in total. The zero-order valence-corrected chi connectivity index (χ0v) is 14.0. The summed E-state index contributed by atoms with van der Waals surface area (Å²) in [6.45, 7) is 2.46. The smallest absolute Gasteiger partial charge is 0.251 e. The highest BCUT2D eigenvalue weighted by atomic mass is 35.5. The number of nitrogens with zero attached hydrogens (tertiary/aromatic N) is 2. The molecule has 0 radical (unpaired) electrons. The maximum Gasteiger partial charge on any atom is 0.251 e. The molecular formula is C17H15Cl2N3O. The number of hydrogen-bond donors (Lipinski definition) is 1. The first kappa shape index (κ1) is 15.8. The Kier molecular flexibility index (Phi) is 4.55. The highest BCUT2D eigenvalue weighted by Crippen LogP contribution is 2.21. The Morgan fingerprint density at radius 2 is 2.09 bits per heavy atom. The number of carbonyl (C=O) groups is 1. The lowest BCUT2D eigenvalue weighted by molar-refractivity contribution is 0.0954. The number of fused-ring (bicyclic) bond motifs is 1. The first-order chi connectivity index (χ1) is 11.0. The number of aryl methyl sites for hydroxylation is 1. The van der Waals surface area contributed by atoms with E-state index in [4.69, 9.17) is 23.2 Å². The van der Waals surface area contributed by atoms with Crippen molar-refractivity contribution in [2.24, 2.45) is 0 Å². The van der Waals surface area contributed by atoms with Gasteiger partial charge in [0.05, 0.1) is 15.7 Å². The van der Waals surface area contributed by atoms with Crippen molar-refractivity contribution < 1.29 is 4.79 Å². The Morgan fingerprint density at radius 3 is 2.87 bits per heavy atom. The van der Waals surface area contributed by atoms with E-state index in [-0.39, 0.29) is 5.91 Å². The van der Waals surface area contributed by atoms with Crippen LogP contribution in [0.15, 0.2) is 42.7 Å². The molecule has 3 aromatic rings. The van der Waals surface area contributed by atoms with Gasteiger partial charge in [0.15, 0.2) is 5.65 Å². The minimum Gasteiger partial charge on any atom is -0.352 e. The number of carbonyl (C=O) groups excluding carboxylic acids is 1. The van der Waals surface area contributed by atoms with Gasteiger partial charge in [0.2, 0.25) is 0 Å². The topological polar surface area (TPSA) is 46.4 Å². The number of halogens is 2. The van der Waals surface area contributed by atoms with Crippen LogP contribution in [0.25, 0.3) is 5.65 Å². The van der Waals surface area contributed by atoms with E-state index >= 15 is 0 Å². The summed E-state index contributed by atoms with van der Waals surface area (Å²) in [6.07, 6.45) is 4.24. The Bertz CT molecular complexity index is 873. The molecule has 23 heavy (non-hydrogen) atoms. The summed E-state index contributed by atoms with van der Waals surface area (Å²) in [5, 5.41) is 3.96. The van der Waals surface area contributed by atoms with Crippen molar-refractivity contribution in [1.29, 1.82) is 0 Å². The molecule has 0 aliphatic carbocycles. The van der Waals surface area contributed by atoms with Crippen LogP contribution in [-0.4, -0.2) is 21.8 Å². The maximum atomic E-state index is 12.1. The molecule has 0 atom stereocenters. The fourth-order valence-corrected chi connectivity index (χ4v) is 2.92. The van der Waals surface area contributed by atoms with Gasteiger partial charge in [-0.1, -0.05) is 40.9 Å². The normalized spacial score (nSPS) is 10.9. The van der Waals surface area contributed by atoms with Crippen LogP contribution in [0, 0.1) is 6.92 Å². The largest absolute Gasteiger partial charge is 0.352 e. The Labute approximate surface area is 144 Å². The molecule has 2 aromatic heterocycles. The first-order valence-corrected chi connectivity index (χ1v) is 7.96. The molecule has 2 heterocycles. The highest BCUT2D eigenvalue weighted by molar-refractivity contribution is 6.36. The fraction of sp³-hybridized carbons (Fsp3) is 0.176. The first-order valence-electron chi connectivity index (χ1n) is 7.20. The van der Waals surface area contributed by atoms with E-state index in [0.717, 1.165) is 11.3 Å². The molecule has 0 bridgehead atoms. The number of aromatic nitrogens is 2. The van der Waals surface area contributed by atoms with Crippen LogP contribution < -0.4 is 5.32 Å². The minimum absolute atomic E-state index is 0.0847. The van der Waals surface area contributed by atoms with E-state index in [1.165, 1.54) is 0 Å². The van der Waals surface area contributed by atoms with Crippen molar-refractivity contribution >= 4 is 34.8 Å². The van der Waals surface area contributed by atoms with Crippen molar-refractivity contribution in [2.75, 3.05) is 6.54 Å². The van der Waals surface area contributed by atoms with Crippen LogP contribution in [0.2, 0.25) is 10.0 Å². The maximum absolute atomic E-state index is 12.1. The van der Waals surface area contributed by atoms with Crippen LogP contribution in [0.1, 0.15) is 21.6 Å². The summed E-state index contributed by atoms with van der Waals surface area (Å²) in [7, 11) is 0. The van der Waals surface area contributed by atoms with Gasteiger partial charge in [-0.3, -0.25) is 4.79 Å². The summed E-state index contributed by atoms with van der Waals surface area (Å²) < 4.78 is 1.79. The summed E-state index contributed by atoms with van der Waals surface area (Å²) in [5.74, 6) is -0.0847. The van der Waals surface area contributed by atoms with Gasteiger partial charge in [-0.2, -0.15) is 0 Å². The molecule has 0 spiro atoms. The predicted octanol–water partition coefficient (Wildman–Crippen LogP) is 3.92. The number of imidazole rings is 1. The van der Waals surface area contributed by atoms with Gasteiger partial charge < -0.3 is 9.72 Å². The minimum atomic E-state index is -0.0847. The number of benzene rings is 1. The summed E-state index contributed by atoms with van der Waals surface area (Å²) in [4.78, 5) is 16.5. The second-order valence-electron chi connectivity index (χ2n) is 5.34. The van der Waals surface area contributed by atoms with Crippen LogP contribution in [0.5, 0.6) is 0 Å². The lowest BCUT2D eigenvalue weighted by atomic mass is 10.1. The summed E-state index contributed by atoms with van der Waals surface area (Å²) in [6, 6.07) is 9.16. The third-order valence-corrected chi connectivity index (χ3v) is 3.95. The average molecular weight is 348 g/mol. The van der Waals surface area contributed by atoms with Crippen LogP contribution in [0.3, 0.4) is 0 Å². The third-order valence-electron chi connectivity index (χ3n) is 3.47. The van der Waals surface area contributed by atoms with E-state index in [1.807, 2.05) is 31.3 Å². The van der Waals surface area contributed by atoms with Gasteiger partial charge in [-0.15, -0.1) is 0 Å². The monoisotopic (exact) mass is 347 g/mol. The number of nitrogens with one attached hydrogen (secondary N) is 1. The van der Waals surface area contributed by atoms with Crippen molar-refractivity contribution in [2.45, 2.75) is 13.3 Å². The van der Waals surface area contributed by atoms with Gasteiger partial charge in [0.25, 0.3) is 5.91 Å². The van der Waals surface area contributed by atoms with E-state index in [1.54, 1.807) is 22.7 Å². The van der Waals surface area contributed by atoms with E-state index in [9.17, 15) is 4.79 Å². The van der Waals surface area contributed by atoms with E-state index in [2.05, 4.69) is 10.3 Å². The molecule has 6 heteroatoms. The molecule has 3 rings (SSSR count). The van der Waals surface area contributed by atoms with Crippen molar-refractivity contribution in [3.05, 3.63) is 69.6 Å². The molecule has 118 valence electrons. The Balaban J connectivity index is 1.65. The molecule has 0 saturated carbocycles. The van der Waals surface area contributed by atoms with Gasteiger partial charge in [0, 0.05) is 30.9 Å². The molecule has 1 amide bonds. The number of hydrogen-bond acceptors (Lipinski definition) is 2. The van der Waals surface area contributed by atoms with Crippen LogP contribution in [-0.2, 0) is 6.42 Å². The molecule has 0 aliphatic heterocycles. The third kappa shape index (κ3) is 3.66. The summed E-state index contributed by atoms with van der Waals surface area (Å²) >= 11 is 12.1. The van der Waals surface area contributed by atoms with Crippen molar-refractivity contribution in [3.63, 3.8) is 0 Å². The molecule has 1 N–H and O–H groups in total. The molecular weight excluding hydrogens is 333 g/mol. The zero-order valence-electron chi connectivity index (χ0n) is 12.5. The zero-order chi connectivity index (χ0) is 16.4. The van der Waals surface area contributed by atoms with Crippen LogP contribution >= 0.6 is 23.2 Å². The highest BCUT2D eigenvalue weighted by Gasteiger charge is 2.08. The molecule has 0 aliphatic rings. The second-order valence-corrected chi connectivity index (χ2v) is 6.19. The lowest BCUT2D eigenvalue weighted by Gasteiger charge is -2.04. The van der Waals surface area contributed by atoms with E-state index < -0.39 is 0 Å². The number of amides is 1. The lowest BCUT2D eigenvalue weighted by Crippen LogP contribution is -2.25. The van der Waals surface area contributed by atoms with Crippen LogP contribution in [0.4, 0.5) is 0 Å². The quantitative estimate of drug-likeness (QED) is 0.777. The average Bonchev–Trinajstić information content (AvgIpc) is 2.90. The standard InChI is InChI=1S/C17H15Cl2N3O/c1-11-3-2-4-12(7-11)17(23)20-6-5-14-10-22-9-13(18)8-15(19)16(22)21-14/h2-4,7-10H,5-6H2,1H3,(H,20,23). The van der Waals surface area contributed by atoms with Crippen molar-refractivity contribution in [3.8, 4) is 0 Å². The van der Waals surface area contributed by atoms with Gasteiger partial charge in [-0.25, -0.2) is 4.98 Å². The molecule has 0 unspecified atom stereocenters. The van der Waals surface area contributed by atoms with Gasteiger partial charge in [-0.05, 0) is 25.1 Å². The van der Waals surface area contributed by atoms with Gasteiger partial charge >= 0.3 is 0 Å². The number of rotatable bonds is 4. The number of pyridine rings is 1.